The summed E-state index contributed by atoms with van der Waals surface area (Å²) in [4.78, 5) is 2.11. The van der Waals surface area contributed by atoms with Gasteiger partial charge in [-0.25, -0.2) is 0 Å². The lowest BCUT2D eigenvalue weighted by Crippen LogP contribution is -2.33. The maximum atomic E-state index is 11.6. The van der Waals surface area contributed by atoms with Gasteiger partial charge in [0.25, 0.3) is 0 Å². The molecule has 1 aliphatic heterocycles. The minimum atomic E-state index is -2.17. The number of piperidine rings is 1. The van der Waals surface area contributed by atoms with Crippen LogP contribution in [0.2, 0.25) is 0 Å². The lowest BCUT2D eigenvalue weighted by atomic mass is 10.1. The average Bonchev–Trinajstić information content (AvgIpc) is 2.03. The lowest BCUT2D eigenvalue weighted by Gasteiger charge is -2.30. The zero-order chi connectivity index (χ0) is 9.19. The first-order valence-corrected chi connectivity index (χ1v) is 7.37. The molecule has 70 valence electrons. The third-order valence-electron chi connectivity index (χ3n) is 2.09. The van der Waals surface area contributed by atoms with Crippen LogP contribution in [0.25, 0.3) is 0 Å². The molecule has 0 aromatic rings. The predicted molar refractivity (Wildman–Crippen MR) is 57.5 cm³/mol. The molecule has 1 heterocycles. The molecule has 1 rings (SSSR count). The molecule has 0 spiro atoms. The van der Waals surface area contributed by atoms with E-state index in [1.165, 1.54) is 19.3 Å². The van der Waals surface area contributed by atoms with Gasteiger partial charge in [-0.1, -0.05) is 12.2 Å². The van der Waals surface area contributed by atoms with Gasteiger partial charge in [-0.2, -0.15) is 0 Å². The van der Waals surface area contributed by atoms with Crippen LogP contribution in [0.15, 0.2) is 0 Å². The Bertz CT molecular complexity index is 217. The minimum Gasteiger partial charge on any atom is -0.360 e. The summed E-state index contributed by atoms with van der Waals surface area (Å²) in [6.45, 7) is 5.52. The van der Waals surface area contributed by atoms with Crippen LogP contribution in [0.4, 0.5) is 0 Å². The van der Waals surface area contributed by atoms with Crippen LogP contribution in [0.5, 0.6) is 0 Å². The summed E-state index contributed by atoms with van der Waals surface area (Å²) >= 11 is 5.17. The van der Waals surface area contributed by atoms with Crippen molar-refractivity contribution in [2.45, 2.75) is 19.3 Å². The van der Waals surface area contributed by atoms with Gasteiger partial charge in [0.05, 0.1) is 0 Å². The molecule has 0 N–H and O–H groups in total. The molecular formula is C8H16NOPS. The summed E-state index contributed by atoms with van der Waals surface area (Å²) in [6.07, 6.45) is 3.68. The van der Waals surface area contributed by atoms with Crippen LogP contribution in [0.1, 0.15) is 19.3 Å². The molecule has 1 saturated heterocycles. The van der Waals surface area contributed by atoms with Gasteiger partial charge in [-0.3, -0.25) is 0 Å². The molecule has 0 aromatic heterocycles. The van der Waals surface area contributed by atoms with Crippen LogP contribution < -0.4 is 0 Å². The Balaban J connectivity index is 2.57. The normalized spacial score (nSPS) is 19.3. The quantitative estimate of drug-likeness (QED) is 0.484. The number of rotatable bonds is 1. The van der Waals surface area contributed by atoms with E-state index >= 15 is 0 Å². The van der Waals surface area contributed by atoms with Gasteiger partial charge in [0.1, 0.15) is 11.9 Å². The van der Waals surface area contributed by atoms with E-state index in [1.807, 2.05) is 0 Å². The van der Waals surface area contributed by atoms with Crippen molar-refractivity contribution < 1.29 is 4.57 Å². The SMILES string of the molecule is CP(C)(=O)C(=S)N1CCCCC1. The summed E-state index contributed by atoms with van der Waals surface area (Å²) in [7, 11) is -2.17. The maximum Gasteiger partial charge on any atom is 0.138 e. The smallest absolute Gasteiger partial charge is 0.138 e. The lowest BCUT2D eigenvalue weighted by molar-refractivity contribution is 0.350. The second-order valence-electron chi connectivity index (χ2n) is 3.68. The second kappa shape index (κ2) is 3.89. The molecule has 0 amide bonds. The first-order chi connectivity index (χ1) is 5.52. The largest absolute Gasteiger partial charge is 0.360 e. The zero-order valence-corrected chi connectivity index (χ0v) is 9.46. The molecule has 0 saturated carbocycles. The molecular weight excluding hydrogens is 189 g/mol. The van der Waals surface area contributed by atoms with Gasteiger partial charge in [-0.05, 0) is 32.6 Å². The van der Waals surface area contributed by atoms with Crippen molar-refractivity contribution in [3.63, 3.8) is 0 Å². The molecule has 4 heteroatoms. The van der Waals surface area contributed by atoms with Crippen molar-refractivity contribution in [2.75, 3.05) is 26.4 Å². The van der Waals surface area contributed by atoms with Crippen LogP contribution in [0.3, 0.4) is 0 Å². The van der Waals surface area contributed by atoms with E-state index < -0.39 is 7.14 Å². The fourth-order valence-electron chi connectivity index (χ4n) is 1.43. The standard InChI is InChI=1S/C8H16NOPS/c1-11(2,10)8(12)9-6-4-3-5-7-9/h3-7H2,1-2H3. The Morgan fingerprint density at radius 3 is 2.17 bits per heavy atom. The van der Waals surface area contributed by atoms with Crippen LogP contribution in [0, 0.1) is 0 Å². The molecule has 0 bridgehead atoms. The van der Waals surface area contributed by atoms with Gasteiger partial charge < -0.3 is 9.46 Å². The van der Waals surface area contributed by atoms with E-state index in [9.17, 15) is 4.57 Å². The topological polar surface area (TPSA) is 20.3 Å². The monoisotopic (exact) mass is 205 g/mol. The van der Waals surface area contributed by atoms with Gasteiger partial charge in [0, 0.05) is 13.1 Å². The Kier molecular flexibility index (Phi) is 3.30. The van der Waals surface area contributed by atoms with Crippen molar-refractivity contribution in [1.29, 1.82) is 0 Å². The van der Waals surface area contributed by atoms with E-state index in [0.717, 1.165) is 13.1 Å². The van der Waals surface area contributed by atoms with Gasteiger partial charge in [0.15, 0.2) is 0 Å². The minimum absolute atomic E-state index is 0.696. The van der Waals surface area contributed by atoms with Gasteiger partial charge in [0.2, 0.25) is 0 Å². The number of likely N-dealkylation sites (tertiary alicyclic amines) is 1. The fraction of sp³-hybridized carbons (Fsp3) is 0.875. The fourth-order valence-corrected chi connectivity index (χ4v) is 2.49. The second-order valence-corrected chi connectivity index (χ2v) is 7.50. The highest BCUT2D eigenvalue weighted by Crippen LogP contribution is 2.40. The van der Waals surface area contributed by atoms with Crippen molar-refractivity contribution in [3.05, 3.63) is 0 Å². The van der Waals surface area contributed by atoms with Crippen LogP contribution in [-0.4, -0.2) is 36.0 Å². The molecule has 0 atom stereocenters. The molecule has 0 aromatic carbocycles. The van der Waals surface area contributed by atoms with Crippen molar-refractivity contribution in [2.24, 2.45) is 0 Å². The summed E-state index contributed by atoms with van der Waals surface area (Å²) in [5.41, 5.74) is 0. The summed E-state index contributed by atoms with van der Waals surface area (Å²) in [6, 6.07) is 0. The van der Waals surface area contributed by atoms with E-state index in [2.05, 4.69) is 4.90 Å². The molecule has 0 unspecified atom stereocenters. The average molecular weight is 205 g/mol. The highest BCUT2D eigenvalue weighted by Gasteiger charge is 2.22. The Morgan fingerprint density at radius 1 is 1.25 bits per heavy atom. The van der Waals surface area contributed by atoms with Crippen molar-refractivity contribution in [3.8, 4) is 0 Å². The van der Waals surface area contributed by atoms with Crippen molar-refractivity contribution in [1.82, 2.24) is 4.90 Å². The first-order valence-electron chi connectivity index (χ1n) is 4.36. The van der Waals surface area contributed by atoms with Gasteiger partial charge in [-0.15, -0.1) is 0 Å². The predicted octanol–water partition coefficient (Wildman–Crippen LogP) is 2.38. The molecule has 1 fully saturated rings. The third kappa shape index (κ3) is 2.56. The first kappa shape index (κ1) is 10.2. The molecule has 0 radical (unpaired) electrons. The maximum absolute atomic E-state index is 11.6. The summed E-state index contributed by atoms with van der Waals surface area (Å²) in [5, 5.41) is 0. The molecule has 0 aliphatic carbocycles. The third-order valence-corrected chi connectivity index (χ3v) is 4.87. The highest BCUT2D eigenvalue weighted by atomic mass is 32.1. The molecule has 2 nitrogen and oxygen atoms in total. The van der Waals surface area contributed by atoms with Gasteiger partial charge >= 0.3 is 0 Å². The Labute approximate surface area is 79.7 Å². The molecule has 12 heavy (non-hydrogen) atoms. The van der Waals surface area contributed by atoms with E-state index in [1.54, 1.807) is 13.3 Å². The van der Waals surface area contributed by atoms with E-state index in [-0.39, 0.29) is 0 Å². The number of hydrogen-bond donors (Lipinski definition) is 0. The van der Waals surface area contributed by atoms with E-state index in [0.29, 0.717) is 4.73 Å². The Hall–Kier alpha value is 0.120. The number of nitrogens with zero attached hydrogens (tertiary/aromatic N) is 1. The summed E-state index contributed by atoms with van der Waals surface area (Å²) in [5.74, 6) is 0. The van der Waals surface area contributed by atoms with E-state index in [4.69, 9.17) is 12.2 Å². The number of thiocarbonyl (C=S) groups is 1. The highest BCUT2D eigenvalue weighted by molar-refractivity contribution is 8.00. The Morgan fingerprint density at radius 2 is 1.75 bits per heavy atom. The molecule has 1 aliphatic rings. The van der Waals surface area contributed by atoms with Crippen LogP contribution >= 0.6 is 19.4 Å². The zero-order valence-electron chi connectivity index (χ0n) is 7.75. The van der Waals surface area contributed by atoms with Crippen molar-refractivity contribution >= 4 is 24.1 Å². The van der Waals surface area contributed by atoms with Crippen LogP contribution in [-0.2, 0) is 4.57 Å². The number of hydrogen-bond acceptors (Lipinski definition) is 2. The summed E-state index contributed by atoms with van der Waals surface area (Å²) < 4.78 is 12.3.